The van der Waals surface area contributed by atoms with Gasteiger partial charge in [-0.05, 0) is 0 Å². The summed E-state index contributed by atoms with van der Waals surface area (Å²) in [6.07, 6.45) is 2.00. The number of aliphatic hydroxyl groups is 2. The molecule has 0 bridgehead atoms. The predicted octanol–water partition coefficient (Wildman–Crippen LogP) is -5.40. The van der Waals surface area contributed by atoms with E-state index in [1.165, 1.54) is 0 Å². The standard InChI is InChI=1S/3CHNO.K.H2Se/c3*2-1-3;;/h3*3H;;1H2/q;;;+1;/p-1. The molecule has 0 heterocycles. The Hall–Kier alpha value is 0.0258. The fourth-order valence-corrected chi connectivity index (χ4v) is 0. The minimum atomic E-state index is 0. The first-order valence-corrected chi connectivity index (χ1v) is 1.32. The SMILES string of the molecule is N#CO.N#CO.N#C[O-].[K+].[SeH2]. The molecule has 0 atom stereocenters. The molecule has 6 nitrogen and oxygen atoms in total. The summed E-state index contributed by atoms with van der Waals surface area (Å²) in [7, 11) is 0. The Morgan fingerprint density at radius 1 is 1.00 bits per heavy atom. The predicted molar refractivity (Wildman–Crippen MR) is 29.3 cm³/mol. The van der Waals surface area contributed by atoms with Crippen LogP contribution in [0.1, 0.15) is 0 Å². The van der Waals surface area contributed by atoms with E-state index >= 15 is 0 Å². The third kappa shape index (κ3) is 967000. The quantitative estimate of drug-likeness (QED) is 0.324. The van der Waals surface area contributed by atoms with E-state index in [9.17, 15) is 0 Å². The van der Waals surface area contributed by atoms with E-state index < -0.39 is 0 Å². The van der Waals surface area contributed by atoms with Crippen molar-refractivity contribution in [1.82, 2.24) is 0 Å². The van der Waals surface area contributed by atoms with Gasteiger partial charge in [0.2, 0.25) is 0 Å². The molecule has 56 valence electrons. The summed E-state index contributed by atoms with van der Waals surface area (Å²) in [6.45, 7) is 0. The summed E-state index contributed by atoms with van der Waals surface area (Å²) in [4.78, 5) is 0. The molecule has 0 unspecified atom stereocenters. The van der Waals surface area contributed by atoms with E-state index in [0.717, 1.165) is 12.5 Å². The number of aliphatic hydroxyl groups excluding tert-OH is 2. The first kappa shape index (κ1) is 30.5. The Morgan fingerprint density at radius 2 is 1.00 bits per heavy atom. The van der Waals surface area contributed by atoms with Gasteiger partial charge in [-0.3, -0.25) is 0 Å². The second kappa shape index (κ2) is 89.2. The van der Waals surface area contributed by atoms with Crippen molar-refractivity contribution in [3.8, 4) is 18.8 Å². The first-order valence-electron chi connectivity index (χ1n) is 1.32. The molecular formula is C3H4KN3O3Se. The van der Waals surface area contributed by atoms with Crippen LogP contribution < -0.4 is 56.5 Å². The van der Waals surface area contributed by atoms with Gasteiger partial charge in [0.25, 0.3) is 12.5 Å². The van der Waals surface area contributed by atoms with Crippen LogP contribution in [0.15, 0.2) is 0 Å². The second-order valence-electron chi connectivity index (χ2n) is 0.291. The molecule has 0 saturated carbocycles. The summed E-state index contributed by atoms with van der Waals surface area (Å²) < 4.78 is 0. The van der Waals surface area contributed by atoms with Crippen LogP contribution >= 0.6 is 0 Å². The molecule has 0 aromatic heterocycles. The molecule has 0 spiro atoms. The van der Waals surface area contributed by atoms with Crippen LogP contribution in [0.4, 0.5) is 0 Å². The topological polar surface area (TPSA) is 135 Å². The van der Waals surface area contributed by atoms with Gasteiger partial charge in [-0.15, -0.1) is 0 Å². The number of hydrogen-bond donors (Lipinski definition) is 2. The van der Waals surface area contributed by atoms with Crippen molar-refractivity contribution in [1.29, 1.82) is 15.8 Å². The molecule has 0 saturated heterocycles. The van der Waals surface area contributed by atoms with Crippen molar-refractivity contribution in [3.05, 3.63) is 0 Å². The van der Waals surface area contributed by atoms with Crippen LogP contribution in [0.25, 0.3) is 0 Å². The molecule has 0 amide bonds. The Bertz CT molecular complexity index is 117. The Balaban J connectivity index is -0.0000000150. The molecule has 0 aliphatic rings. The number of hydrogen-bond acceptors (Lipinski definition) is 6. The van der Waals surface area contributed by atoms with E-state index in [4.69, 9.17) is 31.1 Å². The summed E-state index contributed by atoms with van der Waals surface area (Å²) >= 11 is 0. The van der Waals surface area contributed by atoms with E-state index in [0.29, 0.717) is 6.26 Å². The zero-order valence-corrected chi connectivity index (χ0v) is 10.9. The van der Waals surface area contributed by atoms with Gasteiger partial charge in [0.15, 0.2) is 0 Å². The maximum atomic E-state index is 8.24. The molecule has 0 aromatic carbocycles. The van der Waals surface area contributed by atoms with E-state index in [1.54, 1.807) is 0 Å². The van der Waals surface area contributed by atoms with Crippen molar-refractivity contribution in [2.75, 3.05) is 0 Å². The van der Waals surface area contributed by atoms with Crippen molar-refractivity contribution < 1.29 is 66.7 Å². The van der Waals surface area contributed by atoms with Crippen LogP contribution in [0, 0.1) is 34.6 Å². The Morgan fingerprint density at radius 3 is 1.00 bits per heavy atom. The van der Waals surface area contributed by atoms with E-state index in [2.05, 4.69) is 0 Å². The Kier molecular flexibility index (Phi) is 248. The average Bonchev–Trinajstić information content (AvgIpc) is 1.70. The van der Waals surface area contributed by atoms with Crippen molar-refractivity contribution in [2.24, 2.45) is 0 Å². The zero-order chi connectivity index (χ0) is 8.12. The van der Waals surface area contributed by atoms with Crippen LogP contribution in [0.2, 0.25) is 0 Å². The van der Waals surface area contributed by atoms with Gasteiger partial charge < -0.3 is 15.3 Å². The third-order valence-corrected chi connectivity index (χ3v) is 0. The van der Waals surface area contributed by atoms with Gasteiger partial charge in [-0.2, -0.15) is 10.5 Å². The van der Waals surface area contributed by atoms with Crippen LogP contribution in [-0.2, 0) is 0 Å². The monoisotopic (exact) mass is 249 g/mol. The fraction of sp³-hybridized carbons (Fsp3) is 0. The van der Waals surface area contributed by atoms with Gasteiger partial charge >= 0.3 is 68.5 Å². The molecule has 0 rings (SSSR count). The first-order chi connectivity index (χ1) is 4.24. The van der Waals surface area contributed by atoms with Gasteiger partial charge in [-0.1, -0.05) is 0 Å². The average molecular weight is 248 g/mol. The zero-order valence-electron chi connectivity index (χ0n) is 5.64. The summed E-state index contributed by atoms with van der Waals surface area (Å²) in [5.74, 6) is 0. The van der Waals surface area contributed by atoms with Crippen molar-refractivity contribution in [2.45, 2.75) is 0 Å². The Labute approximate surface area is 117 Å². The normalized spacial score (nSPS) is 1.91. The van der Waals surface area contributed by atoms with E-state index in [1.807, 2.05) is 0 Å². The van der Waals surface area contributed by atoms with Crippen LogP contribution in [0.5, 0.6) is 0 Å². The number of rotatable bonds is 0. The summed E-state index contributed by atoms with van der Waals surface area (Å²) in [5.41, 5.74) is 0. The second-order valence-corrected chi connectivity index (χ2v) is 0.291. The van der Waals surface area contributed by atoms with Crippen molar-refractivity contribution in [3.63, 3.8) is 0 Å². The fourth-order valence-electron chi connectivity index (χ4n) is 0. The van der Waals surface area contributed by atoms with Gasteiger partial charge in [0.05, 0.1) is 0 Å². The summed E-state index contributed by atoms with van der Waals surface area (Å²) in [5, 5.41) is 42.5. The van der Waals surface area contributed by atoms with Gasteiger partial charge in [0.1, 0.15) is 0 Å². The molecule has 0 aliphatic carbocycles. The molecule has 11 heavy (non-hydrogen) atoms. The molecule has 0 aliphatic heterocycles. The van der Waals surface area contributed by atoms with Gasteiger partial charge in [0, 0.05) is 6.26 Å². The third-order valence-electron chi connectivity index (χ3n) is 0. The molecular weight excluding hydrogens is 244 g/mol. The van der Waals surface area contributed by atoms with Crippen LogP contribution in [0.3, 0.4) is 0 Å². The van der Waals surface area contributed by atoms with Crippen molar-refractivity contribution >= 4 is 17.1 Å². The van der Waals surface area contributed by atoms with E-state index in [-0.39, 0.29) is 68.5 Å². The van der Waals surface area contributed by atoms with Gasteiger partial charge in [-0.25, -0.2) is 5.26 Å². The summed E-state index contributed by atoms with van der Waals surface area (Å²) in [6, 6.07) is 0. The minimum absolute atomic E-state index is 0. The maximum absolute atomic E-state index is 8.24. The molecule has 2 N–H and O–H groups in total. The number of nitrogens with zero attached hydrogens (tertiary/aromatic N) is 3. The molecule has 8 heteroatoms. The van der Waals surface area contributed by atoms with Crippen LogP contribution in [-0.4, -0.2) is 27.3 Å². The molecule has 0 fully saturated rings. The number of nitriles is 3. The molecule has 0 radical (unpaired) electrons. The molecule has 0 aromatic rings.